The third-order valence-corrected chi connectivity index (χ3v) is 5.12. The molecular weight excluding hydrogens is 280 g/mol. The van der Waals surface area contributed by atoms with Crippen LogP contribution in [0.3, 0.4) is 0 Å². The Morgan fingerprint density at radius 3 is 1.48 bits per heavy atom. The molecule has 0 aliphatic heterocycles. The number of allylic oxidation sites excluding steroid dienone is 2. The molecule has 0 aliphatic rings. The predicted octanol–water partition coefficient (Wildman–Crippen LogP) is 5.22. The molecule has 2 aromatic rings. The SMILES string of the molecule is C=CCn1c(C)cc(C(C)(C)c2cc(C)n(CC=C)c2C)c1C. The first-order chi connectivity index (χ1) is 10.8. The highest BCUT2D eigenvalue weighted by atomic mass is 15.0. The van der Waals surface area contributed by atoms with Crippen LogP contribution in [0, 0.1) is 27.7 Å². The first kappa shape index (κ1) is 17.4. The molecule has 0 atom stereocenters. The van der Waals surface area contributed by atoms with E-state index in [0.717, 1.165) is 13.1 Å². The Bertz CT molecular complexity index is 676. The zero-order valence-corrected chi connectivity index (χ0v) is 15.5. The number of aryl methyl sites for hydroxylation is 2. The minimum absolute atomic E-state index is 0.0253. The Balaban J connectivity index is 2.59. The molecule has 0 amide bonds. The van der Waals surface area contributed by atoms with Crippen molar-refractivity contribution in [1.29, 1.82) is 0 Å². The average Bonchev–Trinajstić information content (AvgIpc) is 2.93. The second-order valence-corrected chi connectivity index (χ2v) is 6.99. The monoisotopic (exact) mass is 310 g/mol. The Morgan fingerprint density at radius 2 is 1.17 bits per heavy atom. The van der Waals surface area contributed by atoms with E-state index in [-0.39, 0.29) is 5.41 Å². The number of hydrogen-bond acceptors (Lipinski definition) is 0. The molecule has 0 spiro atoms. The molecule has 0 aromatic carbocycles. The fourth-order valence-corrected chi connectivity index (χ4v) is 3.83. The maximum atomic E-state index is 3.88. The predicted molar refractivity (Wildman–Crippen MR) is 100 cm³/mol. The van der Waals surface area contributed by atoms with E-state index in [0.29, 0.717) is 0 Å². The summed E-state index contributed by atoms with van der Waals surface area (Å²) in [5.74, 6) is 0. The summed E-state index contributed by atoms with van der Waals surface area (Å²) in [5, 5.41) is 0. The van der Waals surface area contributed by atoms with Gasteiger partial charge in [-0.2, -0.15) is 0 Å². The smallest absolute Gasteiger partial charge is 0.0402 e. The van der Waals surface area contributed by atoms with Crippen LogP contribution in [0.15, 0.2) is 37.4 Å². The second-order valence-electron chi connectivity index (χ2n) is 6.99. The molecule has 0 aliphatic carbocycles. The summed E-state index contributed by atoms with van der Waals surface area (Å²) >= 11 is 0. The molecule has 0 saturated carbocycles. The molecule has 23 heavy (non-hydrogen) atoms. The molecule has 0 radical (unpaired) electrons. The first-order valence-corrected chi connectivity index (χ1v) is 8.31. The van der Waals surface area contributed by atoms with Gasteiger partial charge in [0, 0.05) is 41.3 Å². The molecule has 0 bridgehead atoms. The zero-order chi connectivity index (χ0) is 17.4. The van der Waals surface area contributed by atoms with Crippen LogP contribution in [-0.4, -0.2) is 9.13 Å². The van der Waals surface area contributed by atoms with Gasteiger partial charge >= 0.3 is 0 Å². The van der Waals surface area contributed by atoms with Gasteiger partial charge in [-0.25, -0.2) is 0 Å². The Kier molecular flexibility index (Phi) is 4.74. The first-order valence-electron chi connectivity index (χ1n) is 8.31. The summed E-state index contributed by atoms with van der Waals surface area (Å²) in [6, 6.07) is 4.66. The lowest BCUT2D eigenvalue weighted by Crippen LogP contribution is -2.21. The third-order valence-electron chi connectivity index (χ3n) is 5.12. The number of rotatable bonds is 6. The summed E-state index contributed by atoms with van der Waals surface area (Å²) in [5.41, 5.74) is 8.03. The van der Waals surface area contributed by atoms with Crippen molar-refractivity contribution < 1.29 is 0 Å². The van der Waals surface area contributed by atoms with Crippen molar-refractivity contribution in [2.24, 2.45) is 0 Å². The molecule has 2 rings (SSSR count). The fourth-order valence-electron chi connectivity index (χ4n) is 3.83. The number of hydrogen-bond donors (Lipinski definition) is 0. The fraction of sp³-hybridized carbons (Fsp3) is 0.429. The minimum Gasteiger partial charge on any atom is -0.345 e. The number of nitrogens with zero attached hydrogens (tertiary/aromatic N) is 2. The summed E-state index contributed by atoms with van der Waals surface area (Å²) in [4.78, 5) is 0. The van der Waals surface area contributed by atoms with Gasteiger partial charge in [-0.15, -0.1) is 13.2 Å². The van der Waals surface area contributed by atoms with Gasteiger partial charge in [0.2, 0.25) is 0 Å². The van der Waals surface area contributed by atoms with Crippen molar-refractivity contribution in [3.8, 4) is 0 Å². The van der Waals surface area contributed by atoms with E-state index >= 15 is 0 Å². The van der Waals surface area contributed by atoms with Gasteiger partial charge in [0.05, 0.1) is 0 Å². The highest BCUT2D eigenvalue weighted by molar-refractivity contribution is 5.45. The van der Waals surface area contributed by atoms with Crippen molar-refractivity contribution in [3.05, 3.63) is 71.3 Å². The van der Waals surface area contributed by atoms with E-state index in [9.17, 15) is 0 Å². The average molecular weight is 310 g/mol. The van der Waals surface area contributed by atoms with E-state index in [2.05, 4.69) is 76.0 Å². The summed E-state index contributed by atoms with van der Waals surface area (Å²) < 4.78 is 4.68. The van der Waals surface area contributed by atoms with Crippen molar-refractivity contribution in [1.82, 2.24) is 9.13 Å². The highest BCUT2D eigenvalue weighted by Crippen LogP contribution is 2.38. The Labute approximate surface area is 141 Å². The molecule has 2 heterocycles. The molecule has 0 saturated heterocycles. The van der Waals surface area contributed by atoms with Crippen LogP contribution in [-0.2, 0) is 18.5 Å². The molecule has 2 nitrogen and oxygen atoms in total. The Hall–Kier alpha value is -1.96. The van der Waals surface area contributed by atoms with Crippen molar-refractivity contribution in [2.75, 3.05) is 0 Å². The van der Waals surface area contributed by atoms with Crippen LogP contribution in [0.2, 0.25) is 0 Å². The molecular formula is C21H30N2. The lowest BCUT2D eigenvalue weighted by atomic mass is 9.78. The van der Waals surface area contributed by atoms with Gasteiger partial charge in [-0.1, -0.05) is 26.0 Å². The quantitative estimate of drug-likeness (QED) is 0.647. The lowest BCUT2D eigenvalue weighted by molar-refractivity contribution is 0.618. The standard InChI is InChI=1S/C21H30N2/c1-9-11-22-15(3)13-19(17(22)5)21(7,8)20-14-16(4)23(12-10-2)18(20)6/h9-10,13-14H,1-2,11-12H2,3-8H3. The minimum atomic E-state index is -0.0253. The highest BCUT2D eigenvalue weighted by Gasteiger charge is 2.30. The van der Waals surface area contributed by atoms with Gasteiger partial charge in [-0.3, -0.25) is 0 Å². The van der Waals surface area contributed by atoms with E-state index in [4.69, 9.17) is 0 Å². The van der Waals surface area contributed by atoms with Gasteiger partial charge in [0.1, 0.15) is 0 Å². The summed E-state index contributed by atoms with van der Waals surface area (Å²) in [6.07, 6.45) is 3.93. The summed E-state index contributed by atoms with van der Waals surface area (Å²) in [7, 11) is 0. The molecule has 2 aromatic heterocycles. The largest absolute Gasteiger partial charge is 0.345 e. The summed E-state index contributed by atoms with van der Waals surface area (Å²) in [6.45, 7) is 22.9. The van der Waals surface area contributed by atoms with Gasteiger partial charge < -0.3 is 9.13 Å². The van der Waals surface area contributed by atoms with Crippen LogP contribution in [0.4, 0.5) is 0 Å². The van der Waals surface area contributed by atoms with Crippen molar-refractivity contribution in [2.45, 2.75) is 60.0 Å². The Morgan fingerprint density at radius 1 is 0.826 bits per heavy atom. The maximum absolute atomic E-state index is 3.88. The van der Waals surface area contributed by atoms with Crippen LogP contribution < -0.4 is 0 Å². The normalized spacial score (nSPS) is 11.7. The third kappa shape index (κ3) is 2.83. The lowest BCUT2D eigenvalue weighted by Gasteiger charge is -2.26. The van der Waals surface area contributed by atoms with Crippen molar-refractivity contribution in [3.63, 3.8) is 0 Å². The number of aromatic nitrogens is 2. The topological polar surface area (TPSA) is 9.86 Å². The van der Waals surface area contributed by atoms with Crippen LogP contribution in [0.5, 0.6) is 0 Å². The molecule has 124 valence electrons. The van der Waals surface area contributed by atoms with Gasteiger partial charge in [-0.05, 0) is 51.0 Å². The zero-order valence-electron chi connectivity index (χ0n) is 15.5. The van der Waals surface area contributed by atoms with E-state index in [1.165, 1.54) is 33.9 Å². The van der Waals surface area contributed by atoms with Crippen LogP contribution >= 0.6 is 0 Å². The van der Waals surface area contributed by atoms with E-state index < -0.39 is 0 Å². The van der Waals surface area contributed by atoms with E-state index in [1.54, 1.807) is 0 Å². The van der Waals surface area contributed by atoms with Crippen LogP contribution in [0.1, 0.15) is 47.8 Å². The van der Waals surface area contributed by atoms with Gasteiger partial charge in [0.25, 0.3) is 0 Å². The maximum Gasteiger partial charge on any atom is 0.0402 e. The molecule has 0 unspecified atom stereocenters. The van der Waals surface area contributed by atoms with E-state index in [1.807, 2.05) is 12.2 Å². The molecule has 2 heteroatoms. The second kappa shape index (κ2) is 6.27. The molecule has 0 fully saturated rings. The van der Waals surface area contributed by atoms with Crippen molar-refractivity contribution >= 4 is 0 Å². The van der Waals surface area contributed by atoms with Crippen LogP contribution in [0.25, 0.3) is 0 Å². The van der Waals surface area contributed by atoms with Gasteiger partial charge in [0.15, 0.2) is 0 Å². The molecule has 0 N–H and O–H groups in total.